The lowest BCUT2D eigenvalue weighted by molar-refractivity contribution is -0.143. The van der Waals surface area contributed by atoms with Crippen LogP contribution in [0.4, 0.5) is 0 Å². The first kappa shape index (κ1) is 11.4. The molecule has 2 rings (SSSR count). The molecule has 90 valence electrons. The molecule has 2 aliphatic rings. The summed E-state index contributed by atoms with van der Waals surface area (Å²) in [6, 6.07) is 0. The molecule has 4 nitrogen and oxygen atoms in total. The third kappa shape index (κ3) is 2.54. The monoisotopic (exact) mass is 225 g/mol. The molecule has 1 fully saturated rings. The Labute approximate surface area is 95.7 Å². The first-order valence-corrected chi connectivity index (χ1v) is 6.06. The Morgan fingerprint density at radius 1 is 1.50 bits per heavy atom. The van der Waals surface area contributed by atoms with Crippen molar-refractivity contribution in [3.63, 3.8) is 0 Å². The molecule has 1 unspecified atom stereocenters. The summed E-state index contributed by atoms with van der Waals surface area (Å²) in [6.45, 7) is 1.83. The van der Waals surface area contributed by atoms with E-state index in [1.54, 1.807) is 0 Å². The lowest BCUT2D eigenvalue weighted by Crippen LogP contribution is -2.29. The van der Waals surface area contributed by atoms with Gasteiger partial charge in [-0.25, -0.2) is 0 Å². The number of hydrogen-bond donors (Lipinski definition) is 1. The molecule has 0 bridgehead atoms. The molecule has 1 heterocycles. The second-order valence-corrected chi connectivity index (χ2v) is 5.21. The summed E-state index contributed by atoms with van der Waals surface area (Å²) >= 11 is 0. The Bertz CT molecular complexity index is 307. The highest BCUT2D eigenvalue weighted by molar-refractivity contribution is 5.89. The topological polar surface area (TPSA) is 58.9 Å². The highest BCUT2D eigenvalue weighted by Gasteiger charge is 2.39. The van der Waals surface area contributed by atoms with Crippen LogP contribution in [0.3, 0.4) is 0 Å². The van der Waals surface area contributed by atoms with Crippen molar-refractivity contribution < 1.29 is 14.7 Å². The maximum absolute atomic E-state index is 10.7. The minimum Gasteiger partial charge on any atom is -0.481 e. The Kier molecular flexibility index (Phi) is 3.17. The summed E-state index contributed by atoms with van der Waals surface area (Å²) in [5.74, 6) is -0.285. The van der Waals surface area contributed by atoms with E-state index in [1.807, 2.05) is 6.92 Å². The zero-order valence-corrected chi connectivity index (χ0v) is 9.74. The maximum atomic E-state index is 10.7. The van der Waals surface area contributed by atoms with Crippen LogP contribution in [0.2, 0.25) is 0 Å². The zero-order chi connectivity index (χ0) is 11.6. The number of hydrogen-bond acceptors (Lipinski definition) is 3. The van der Waals surface area contributed by atoms with Crippen molar-refractivity contribution in [2.45, 2.75) is 57.5 Å². The molecule has 0 radical (unpaired) electrons. The molecule has 1 N–H and O–H groups in total. The smallest absolute Gasteiger partial charge is 0.307 e. The predicted molar refractivity (Wildman–Crippen MR) is 60.4 cm³/mol. The van der Waals surface area contributed by atoms with Crippen LogP contribution in [0.5, 0.6) is 0 Å². The van der Waals surface area contributed by atoms with Crippen LogP contribution in [0.25, 0.3) is 0 Å². The number of carboxylic acid groups (broad SMARTS) is 1. The van der Waals surface area contributed by atoms with E-state index >= 15 is 0 Å². The van der Waals surface area contributed by atoms with Gasteiger partial charge < -0.3 is 9.94 Å². The molecule has 1 aliphatic carbocycles. The Morgan fingerprint density at radius 3 is 2.81 bits per heavy atom. The van der Waals surface area contributed by atoms with Gasteiger partial charge in [0.15, 0.2) is 5.60 Å². The molecule has 1 aliphatic heterocycles. The lowest BCUT2D eigenvalue weighted by atomic mass is 9.82. The summed E-state index contributed by atoms with van der Waals surface area (Å²) in [5, 5.41) is 12.9. The van der Waals surface area contributed by atoms with E-state index in [9.17, 15) is 4.79 Å². The molecule has 1 saturated carbocycles. The Hall–Kier alpha value is -1.06. The molecular weight excluding hydrogens is 206 g/mol. The number of nitrogens with zero attached hydrogens (tertiary/aromatic N) is 1. The molecule has 0 amide bonds. The number of carbonyl (C=O) groups is 1. The number of rotatable bonds is 3. The summed E-state index contributed by atoms with van der Waals surface area (Å²) in [7, 11) is 0. The van der Waals surface area contributed by atoms with Gasteiger partial charge in [-0.05, 0) is 19.8 Å². The fourth-order valence-electron chi connectivity index (χ4n) is 2.69. The molecule has 0 aromatic heterocycles. The molecule has 0 aromatic rings. The van der Waals surface area contributed by atoms with E-state index < -0.39 is 11.6 Å². The molecule has 4 heteroatoms. The summed E-state index contributed by atoms with van der Waals surface area (Å²) in [5.41, 5.74) is 0.474. The zero-order valence-electron chi connectivity index (χ0n) is 9.74. The van der Waals surface area contributed by atoms with E-state index in [-0.39, 0.29) is 6.42 Å². The van der Waals surface area contributed by atoms with Gasteiger partial charge in [0.25, 0.3) is 0 Å². The van der Waals surface area contributed by atoms with Gasteiger partial charge >= 0.3 is 5.97 Å². The first-order valence-electron chi connectivity index (χ1n) is 6.06. The normalized spacial score (nSPS) is 30.9. The minimum atomic E-state index is -0.817. The fraction of sp³-hybridized carbons (Fsp3) is 0.833. The molecule has 0 spiro atoms. The predicted octanol–water partition coefficient (Wildman–Crippen LogP) is 2.58. The van der Waals surface area contributed by atoms with Crippen LogP contribution < -0.4 is 0 Å². The minimum absolute atomic E-state index is 0.0344. The van der Waals surface area contributed by atoms with Gasteiger partial charge in [-0.2, -0.15) is 0 Å². The van der Waals surface area contributed by atoms with Crippen LogP contribution in [0.1, 0.15) is 51.9 Å². The largest absolute Gasteiger partial charge is 0.481 e. The summed E-state index contributed by atoms with van der Waals surface area (Å²) in [6.07, 6.45) is 6.93. The lowest BCUT2D eigenvalue weighted by Gasteiger charge is -2.22. The van der Waals surface area contributed by atoms with Crippen LogP contribution in [-0.2, 0) is 9.63 Å². The average molecular weight is 225 g/mol. The second-order valence-electron chi connectivity index (χ2n) is 5.21. The molecule has 0 saturated heterocycles. The van der Waals surface area contributed by atoms with Crippen LogP contribution >= 0.6 is 0 Å². The van der Waals surface area contributed by atoms with Gasteiger partial charge in [-0.15, -0.1) is 0 Å². The van der Waals surface area contributed by atoms with Crippen LogP contribution in [0.15, 0.2) is 5.16 Å². The highest BCUT2D eigenvalue weighted by atomic mass is 16.7. The van der Waals surface area contributed by atoms with Crippen molar-refractivity contribution in [3.05, 3.63) is 0 Å². The Balaban J connectivity index is 1.92. The van der Waals surface area contributed by atoms with Crippen molar-refractivity contribution in [2.75, 3.05) is 0 Å². The van der Waals surface area contributed by atoms with E-state index in [4.69, 9.17) is 9.94 Å². The van der Waals surface area contributed by atoms with Crippen molar-refractivity contribution >= 4 is 11.7 Å². The molecule has 16 heavy (non-hydrogen) atoms. The van der Waals surface area contributed by atoms with Gasteiger partial charge in [0.2, 0.25) is 0 Å². The standard InChI is InChI=1S/C12H19NO3/c1-12(8-11(14)15)7-10(13-16-12)9-5-3-2-4-6-9/h9H,2-8H2,1H3,(H,14,15). The first-order chi connectivity index (χ1) is 7.59. The Morgan fingerprint density at radius 2 is 2.19 bits per heavy atom. The highest BCUT2D eigenvalue weighted by Crippen LogP contribution is 2.34. The van der Waals surface area contributed by atoms with E-state index in [2.05, 4.69) is 5.16 Å². The number of carboxylic acids is 1. The number of aliphatic carboxylic acids is 1. The average Bonchev–Trinajstić information content (AvgIpc) is 2.61. The van der Waals surface area contributed by atoms with Crippen molar-refractivity contribution in [1.29, 1.82) is 0 Å². The number of oxime groups is 1. The fourth-order valence-corrected chi connectivity index (χ4v) is 2.69. The van der Waals surface area contributed by atoms with E-state index in [1.165, 1.54) is 32.1 Å². The summed E-state index contributed by atoms with van der Waals surface area (Å²) in [4.78, 5) is 16.0. The quantitative estimate of drug-likeness (QED) is 0.803. The molecule has 0 aromatic carbocycles. The SMILES string of the molecule is CC1(CC(=O)O)CC(C2CCCCC2)=NO1. The van der Waals surface area contributed by atoms with Gasteiger partial charge in [0.1, 0.15) is 0 Å². The summed E-state index contributed by atoms with van der Waals surface area (Å²) < 4.78 is 0. The van der Waals surface area contributed by atoms with E-state index in [0.29, 0.717) is 12.3 Å². The van der Waals surface area contributed by atoms with Gasteiger partial charge in [-0.3, -0.25) is 4.79 Å². The van der Waals surface area contributed by atoms with Gasteiger partial charge in [-0.1, -0.05) is 24.4 Å². The van der Waals surface area contributed by atoms with Crippen LogP contribution in [0, 0.1) is 5.92 Å². The van der Waals surface area contributed by atoms with Crippen molar-refractivity contribution in [2.24, 2.45) is 11.1 Å². The van der Waals surface area contributed by atoms with E-state index in [0.717, 1.165) is 5.71 Å². The second kappa shape index (κ2) is 4.44. The van der Waals surface area contributed by atoms with Gasteiger partial charge in [0.05, 0.1) is 12.1 Å². The molecule has 1 atom stereocenters. The third-order valence-electron chi connectivity index (χ3n) is 3.54. The van der Waals surface area contributed by atoms with Crippen molar-refractivity contribution in [3.8, 4) is 0 Å². The maximum Gasteiger partial charge on any atom is 0.307 e. The van der Waals surface area contributed by atoms with Crippen molar-refractivity contribution in [1.82, 2.24) is 0 Å². The molecular formula is C12H19NO3. The third-order valence-corrected chi connectivity index (χ3v) is 3.54. The van der Waals surface area contributed by atoms with Gasteiger partial charge in [0, 0.05) is 12.3 Å². The van der Waals surface area contributed by atoms with Crippen LogP contribution in [-0.4, -0.2) is 22.4 Å².